The summed E-state index contributed by atoms with van der Waals surface area (Å²) >= 11 is 0. The predicted molar refractivity (Wildman–Crippen MR) is 131 cm³/mol. The molecule has 3 N–H and O–H groups in total. The Bertz CT molecular complexity index is 918. The number of carbonyl (C=O) groups excluding carboxylic acids is 1. The lowest BCUT2D eigenvalue weighted by atomic mass is 9.73. The molecule has 0 radical (unpaired) electrons. The highest BCUT2D eigenvalue weighted by Gasteiger charge is 2.42. The molecule has 5 nitrogen and oxygen atoms in total. The fraction of sp³-hybridized carbons (Fsp3) is 0.519. The van der Waals surface area contributed by atoms with Crippen LogP contribution in [0.3, 0.4) is 0 Å². The standard InChI is InChI=1S/C27H37FN4O/c1-4-20-11-21(12-20)13-31-14-23-16-32(17-24(23)15-31)27(33)30-19(3)26(29)10-5-18(2)22-6-8-25(28)9-7-22/h5-10,20-21,23-24H,3-4,11-17,29H2,1-2H3,(H,30,33)/b18-5+,26-10+. The van der Waals surface area contributed by atoms with Gasteiger partial charge in [-0.2, -0.15) is 0 Å². The number of carbonyl (C=O) groups is 1. The van der Waals surface area contributed by atoms with Crippen LogP contribution < -0.4 is 11.1 Å². The Hall–Kier alpha value is -2.60. The van der Waals surface area contributed by atoms with E-state index >= 15 is 0 Å². The van der Waals surface area contributed by atoms with Crippen molar-refractivity contribution < 1.29 is 9.18 Å². The van der Waals surface area contributed by atoms with Crippen molar-refractivity contribution in [3.05, 3.63) is 65.8 Å². The molecule has 1 aliphatic carbocycles. The van der Waals surface area contributed by atoms with E-state index in [-0.39, 0.29) is 11.8 Å². The van der Waals surface area contributed by atoms with Crippen molar-refractivity contribution in [2.75, 3.05) is 32.7 Å². The van der Waals surface area contributed by atoms with Crippen molar-refractivity contribution in [2.24, 2.45) is 29.4 Å². The van der Waals surface area contributed by atoms with Crippen LogP contribution in [-0.2, 0) is 0 Å². The molecule has 2 aliphatic heterocycles. The van der Waals surface area contributed by atoms with E-state index in [0.29, 0.717) is 23.2 Å². The predicted octanol–water partition coefficient (Wildman–Crippen LogP) is 4.59. The average molecular weight is 453 g/mol. The van der Waals surface area contributed by atoms with Crippen LogP contribution >= 0.6 is 0 Å². The maximum atomic E-state index is 13.1. The van der Waals surface area contributed by atoms with Gasteiger partial charge in [-0.25, -0.2) is 9.18 Å². The SMILES string of the molecule is C=C(NC(=O)N1CC2CN(CC3CC(CC)C3)CC2C1)/C(N)=C\C=C(/C)c1ccc(F)cc1. The van der Waals surface area contributed by atoms with Crippen LogP contribution in [0.2, 0.25) is 0 Å². The third kappa shape index (κ3) is 5.67. The second kappa shape index (κ2) is 10.1. The van der Waals surface area contributed by atoms with Gasteiger partial charge in [-0.1, -0.05) is 38.1 Å². The summed E-state index contributed by atoms with van der Waals surface area (Å²) in [5.74, 6) is 2.71. The molecule has 3 fully saturated rings. The smallest absolute Gasteiger partial charge is 0.321 e. The summed E-state index contributed by atoms with van der Waals surface area (Å²) in [4.78, 5) is 17.3. The molecule has 4 rings (SSSR count). The Morgan fingerprint density at radius 1 is 1.12 bits per heavy atom. The van der Waals surface area contributed by atoms with Crippen LogP contribution in [0.1, 0.15) is 38.7 Å². The molecule has 2 amide bonds. The number of likely N-dealkylation sites (tertiary alicyclic amines) is 2. The lowest BCUT2D eigenvalue weighted by Crippen LogP contribution is -2.41. The van der Waals surface area contributed by atoms with Gasteiger partial charge in [0.2, 0.25) is 0 Å². The van der Waals surface area contributed by atoms with Crippen molar-refractivity contribution in [1.29, 1.82) is 0 Å². The number of nitrogens with zero attached hydrogens (tertiary/aromatic N) is 2. The van der Waals surface area contributed by atoms with Gasteiger partial charge in [0.05, 0.1) is 11.4 Å². The molecule has 0 aromatic heterocycles. The first-order chi connectivity index (χ1) is 15.8. The van der Waals surface area contributed by atoms with E-state index in [2.05, 4.69) is 23.7 Å². The van der Waals surface area contributed by atoms with E-state index in [0.717, 1.165) is 49.2 Å². The number of fused-ring (bicyclic) bond motifs is 1. The van der Waals surface area contributed by atoms with Gasteiger partial charge >= 0.3 is 6.03 Å². The van der Waals surface area contributed by atoms with Crippen molar-refractivity contribution in [3.8, 4) is 0 Å². The molecule has 2 atom stereocenters. The minimum atomic E-state index is -0.264. The Morgan fingerprint density at radius 2 is 1.76 bits per heavy atom. The van der Waals surface area contributed by atoms with Crippen LogP contribution in [-0.4, -0.2) is 48.6 Å². The number of nitrogens with one attached hydrogen (secondary N) is 1. The first-order valence-electron chi connectivity index (χ1n) is 12.2. The lowest BCUT2D eigenvalue weighted by Gasteiger charge is -2.37. The van der Waals surface area contributed by atoms with E-state index in [1.165, 1.54) is 37.9 Å². The molecule has 0 bridgehead atoms. The van der Waals surface area contributed by atoms with Crippen molar-refractivity contribution >= 4 is 11.6 Å². The summed E-state index contributed by atoms with van der Waals surface area (Å²) < 4.78 is 13.1. The van der Waals surface area contributed by atoms with Gasteiger partial charge in [0.1, 0.15) is 5.82 Å². The molecule has 1 aromatic rings. The van der Waals surface area contributed by atoms with Gasteiger partial charge < -0.3 is 20.9 Å². The third-order valence-electron chi connectivity index (χ3n) is 7.69. The van der Waals surface area contributed by atoms with Crippen LogP contribution in [0, 0.1) is 29.5 Å². The zero-order valence-electron chi connectivity index (χ0n) is 19.9. The molecular weight excluding hydrogens is 415 g/mol. The number of hydrogen-bond donors (Lipinski definition) is 2. The quantitative estimate of drug-likeness (QED) is 0.595. The first-order valence-corrected chi connectivity index (χ1v) is 12.2. The summed E-state index contributed by atoms with van der Waals surface area (Å²) in [5.41, 5.74) is 8.79. The molecule has 33 heavy (non-hydrogen) atoms. The molecule has 1 aromatic carbocycles. The molecule has 6 heteroatoms. The number of amides is 2. The monoisotopic (exact) mass is 452 g/mol. The highest BCUT2D eigenvalue weighted by Crippen LogP contribution is 2.38. The van der Waals surface area contributed by atoms with Crippen LogP contribution in [0.25, 0.3) is 5.57 Å². The Kier molecular flexibility index (Phi) is 7.23. The second-order valence-corrected chi connectivity index (χ2v) is 10.1. The highest BCUT2D eigenvalue weighted by molar-refractivity contribution is 5.77. The van der Waals surface area contributed by atoms with E-state index in [1.54, 1.807) is 18.2 Å². The number of urea groups is 1. The van der Waals surface area contributed by atoms with Crippen molar-refractivity contribution in [1.82, 2.24) is 15.1 Å². The van der Waals surface area contributed by atoms with E-state index in [9.17, 15) is 9.18 Å². The van der Waals surface area contributed by atoms with E-state index in [1.807, 2.05) is 17.9 Å². The Morgan fingerprint density at radius 3 is 2.36 bits per heavy atom. The lowest BCUT2D eigenvalue weighted by molar-refractivity contribution is 0.128. The molecule has 2 saturated heterocycles. The van der Waals surface area contributed by atoms with Gasteiger partial charge in [0.15, 0.2) is 0 Å². The van der Waals surface area contributed by atoms with E-state index in [4.69, 9.17) is 5.73 Å². The fourth-order valence-electron chi connectivity index (χ4n) is 5.53. The van der Waals surface area contributed by atoms with E-state index < -0.39 is 0 Å². The first kappa shape index (κ1) is 23.6. The highest BCUT2D eigenvalue weighted by atomic mass is 19.1. The largest absolute Gasteiger partial charge is 0.397 e. The van der Waals surface area contributed by atoms with Gasteiger partial charge in [0.25, 0.3) is 0 Å². The number of halogens is 1. The molecule has 1 saturated carbocycles. The summed E-state index contributed by atoms with van der Waals surface area (Å²) in [6.07, 6.45) is 7.68. The zero-order valence-corrected chi connectivity index (χ0v) is 19.9. The van der Waals surface area contributed by atoms with Gasteiger partial charge in [-0.05, 0) is 72.8 Å². The Labute approximate surface area is 197 Å². The molecule has 2 heterocycles. The molecule has 3 aliphatic rings. The van der Waals surface area contributed by atoms with Crippen LogP contribution in [0.15, 0.2) is 54.4 Å². The number of rotatable bonds is 7. The zero-order chi connectivity index (χ0) is 23.5. The summed E-state index contributed by atoms with van der Waals surface area (Å²) in [7, 11) is 0. The minimum Gasteiger partial charge on any atom is -0.397 e. The number of hydrogen-bond acceptors (Lipinski definition) is 3. The average Bonchev–Trinajstić information content (AvgIpc) is 3.33. The van der Waals surface area contributed by atoms with Crippen LogP contribution in [0.5, 0.6) is 0 Å². The minimum absolute atomic E-state index is 0.124. The van der Waals surface area contributed by atoms with Crippen LogP contribution in [0.4, 0.5) is 9.18 Å². The molecule has 0 spiro atoms. The topological polar surface area (TPSA) is 61.6 Å². The van der Waals surface area contributed by atoms with Gasteiger partial charge in [0, 0.05) is 32.7 Å². The second-order valence-electron chi connectivity index (χ2n) is 10.1. The third-order valence-corrected chi connectivity index (χ3v) is 7.69. The molecular formula is C27H37FN4O. The number of benzene rings is 1. The normalized spacial score (nSPS) is 27.9. The molecule has 178 valence electrons. The summed E-state index contributed by atoms with van der Waals surface area (Å²) in [6, 6.07) is 6.18. The Balaban J connectivity index is 1.23. The maximum Gasteiger partial charge on any atom is 0.321 e. The number of nitrogens with two attached hydrogens (primary N) is 1. The van der Waals surface area contributed by atoms with Gasteiger partial charge in [-0.3, -0.25) is 0 Å². The van der Waals surface area contributed by atoms with Crippen molar-refractivity contribution in [3.63, 3.8) is 0 Å². The maximum absolute atomic E-state index is 13.1. The fourth-order valence-corrected chi connectivity index (χ4v) is 5.53. The number of allylic oxidation sites excluding steroid dienone is 3. The molecule has 2 unspecified atom stereocenters. The van der Waals surface area contributed by atoms with Crippen molar-refractivity contribution in [2.45, 2.75) is 33.1 Å². The summed E-state index contributed by atoms with van der Waals surface area (Å²) in [5, 5.41) is 2.86. The summed E-state index contributed by atoms with van der Waals surface area (Å²) in [6.45, 7) is 13.2. The van der Waals surface area contributed by atoms with Gasteiger partial charge in [-0.15, -0.1) is 0 Å².